The summed E-state index contributed by atoms with van der Waals surface area (Å²) in [4.78, 5) is 14.0. The molecule has 0 saturated heterocycles. The second kappa shape index (κ2) is 8.22. The second-order valence-corrected chi connectivity index (χ2v) is 7.35. The fraction of sp³-hybridized carbons (Fsp3) is 0.235. The predicted octanol–water partition coefficient (Wildman–Crippen LogP) is 3.70. The zero-order chi connectivity index (χ0) is 18.4. The second-order valence-electron chi connectivity index (χ2n) is 5.23. The highest BCUT2D eigenvalue weighted by molar-refractivity contribution is 7.90. The zero-order valence-electron chi connectivity index (χ0n) is 14.0. The normalized spacial score (nSPS) is 11.0. The van der Waals surface area contributed by atoms with Crippen LogP contribution in [0.2, 0.25) is 5.02 Å². The fourth-order valence-corrected chi connectivity index (χ4v) is 3.33. The fourth-order valence-electron chi connectivity index (χ4n) is 2.30. The van der Waals surface area contributed by atoms with E-state index in [0.717, 1.165) is 18.8 Å². The summed E-state index contributed by atoms with van der Waals surface area (Å²) in [6.45, 7) is 5.70. The van der Waals surface area contributed by atoms with Crippen molar-refractivity contribution in [2.24, 2.45) is 0 Å². The Bertz CT molecular complexity index is 817. The first kappa shape index (κ1) is 19.1. The molecule has 0 atom stereocenters. The van der Waals surface area contributed by atoms with Gasteiger partial charge in [0, 0.05) is 29.5 Å². The van der Waals surface area contributed by atoms with E-state index in [2.05, 4.69) is 10.2 Å². The van der Waals surface area contributed by atoms with Crippen molar-refractivity contribution in [3.63, 3.8) is 0 Å². The summed E-state index contributed by atoms with van der Waals surface area (Å²) in [5.41, 5.74) is 1.36. The van der Waals surface area contributed by atoms with E-state index < -0.39 is 16.1 Å². The van der Waals surface area contributed by atoms with Gasteiger partial charge in [0.25, 0.3) is 10.0 Å². The first-order chi connectivity index (χ1) is 11.9. The highest BCUT2D eigenvalue weighted by Crippen LogP contribution is 2.18. The molecule has 2 N–H and O–H groups in total. The third-order valence-corrected chi connectivity index (χ3v) is 5.20. The number of hydrogen-bond donors (Lipinski definition) is 2. The van der Waals surface area contributed by atoms with Gasteiger partial charge in [0.05, 0.1) is 4.90 Å². The molecular formula is C17H20ClN3O3S. The van der Waals surface area contributed by atoms with Gasteiger partial charge < -0.3 is 10.2 Å². The molecule has 0 aliphatic heterocycles. The standard InChI is InChI=1S/C17H20ClN3O3S/c1-3-21(4-2)15-9-11-16(12-10-15)25(23,24)20-17(22)19-14-7-5-13(18)6-8-14/h5-12H,3-4H2,1-2H3,(H2,19,20,22). The molecule has 2 amide bonds. The van der Waals surface area contributed by atoms with Gasteiger partial charge in [-0.25, -0.2) is 17.9 Å². The van der Waals surface area contributed by atoms with Crippen LogP contribution in [0.1, 0.15) is 13.8 Å². The molecule has 0 heterocycles. The molecule has 134 valence electrons. The Morgan fingerprint density at radius 2 is 1.56 bits per heavy atom. The Kier molecular flexibility index (Phi) is 6.27. The highest BCUT2D eigenvalue weighted by atomic mass is 35.5. The van der Waals surface area contributed by atoms with Gasteiger partial charge in [-0.3, -0.25) is 0 Å². The zero-order valence-corrected chi connectivity index (χ0v) is 15.6. The van der Waals surface area contributed by atoms with Crippen molar-refractivity contribution in [1.82, 2.24) is 4.72 Å². The molecule has 2 aromatic rings. The van der Waals surface area contributed by atoms with Crippen molar-refractivity contribution in [1.29, 1.82) is 0 Å². The van der Waals surface area contributed by atoms with Crippen molar-refractivity contribution in [2.45, 2.75) is 18.7 Å². The van der Waals surface area contributed by atoms with E-state index in [1.165, 1.54) is 12.1 Å². The number of anilines is 2. The first-order valence-electron chi connectivity index (χ1n) is 7.80. The molecule has 6 nitrogen and oxygen atoms in total. The van der Waals surface area contributed by atoms with Gasteiger partial charge in [-0.05, 0) is 62.4 Å². The van der Waals surface area contributed by atoms with Crippen LogP contribution in [0.3, 0.4) is 0 Å². The lowest BCUT2D eigenvalue weighted by molar-refractivity contribution is 0.256. The van der Waals surface area contributed by atoms with E-state index in [0.29, 0.717) is 10.7 Å². The molecule has 0 aromatic heterocycles. The molecule has 0 unspecified atom stereocenters. The largest absolute Gasteiger partial charge is 0.372 e. The molecule has 2 rings (SSSR count). The summed E-state index contributed by atoms with van der Waals surface area (Å²) in [6, 6.07) is 11.9. The molecule has 8 heteroatoms. The number of benzene rings is 2. The number of sulfonamides is 1. The van der Waals surface area contributed by atoms with Crippen molar-refractivity contribution >= 4 is 39.0 Å². The summed E-state index contributed by atoms with van der Waals surface area (Å²) in [6.07, 6.45) is 0. The third-order valence-electron chi connectivity index (χ3n) is 3.60. The van der Waals surface area contributed by atoms with Crippen LogP contribution in [-0.4, -0.2) is 27.5 Å². The Morgan fingerprint density at radius 3 is 2.08 bits per heavy atom. The molecule has 0 bridgehead atoms. The Balaban J connectivity index is 2.07. The van der Waals surface area contributed by atoms with E-state index in [1.54, 1.807) is 36.4 Å². The molecule has 0 radical (unpaired) electrons. The lowest BCUT2D eigenvalue weighted by Crippen LogP contribution is -2.34. The van der Waals surface area contributed by atoms with Crippen LogP contribution in [0.15, 0.2) is 53.4 Å². The van der Waals surface area contributed by atoms with Crippen LogP contribution >= 0.6 is 11.6 Å². The van der Waals surface area contributed by atoms with Crippen molar-refractivity contribution in [2.75, 3.05) is 23.3 Å². The number of urea groups is 1. The predicted molar refractivity (Wildman–Crippen MR) is 101 cm³/mol. The van der Waals surface area contributed by atoms with Gasteiger partial charge in [0.2, 0.25) is 0 Å². The van der Waals surface area contributed by atoms with Gasteiger partial charge in [-0.2, -0.15) is 0 Å². The van der Waals surface area contributed by atoms with Crippen LogP contribution in [0, 0.1) is 0 Å². The molecule has 0 spiro atoms. The van der Waals surface area contributed by atoms with Crippen LogP contribution in [0.25, 0.3) is 0 Å². The van der Waals surface area contributed by atoms with E-state index in [-0.39, 0.29) is 4.90 Å². The Labute approximate surface area is 152 Å². The minimum absolute atomic E-state index is 0.0228. The number of nitrogens with one attached hydrogen (secondary N) is 2. The third kappa shape index (κ3) is 5.11. The Morgan fingerprint density at radius 1 is 1.00 bits per heavy atom. The average Bonchev–Trinajstić information content (AvgIpc) is 2.58. The molecule has 0 aliphatic rings. The van der Waals surface area contributed by atoms with E-state index >= 15 is 0 Å². The van der Waals surface area contributed by atoms with Crippen LogP contribution in [0.5, 0.6) is 0 Å². The molecule has 25 heavy (non-hydrogen) atoms. The number of amides is 2. The number of nitrogens with zero attached hydrogens (tertiary/aromatic N) is 1. The van der Waals surface area contributed by atoms with Crippen molar-refractivity contribution in [3.05, 3.63) is 53.6 Å². The lowest BCUT2D eigenvalue weighted by atomic mass is 10.3. The smallest absolute Gasteiger partial charge is 0.333 e. The summed E-state index contributed by atoms with van der Waals surface area (Å²) >= 11 is 5.76. The maximum absolute atomic E-state index is 12.3. The monoisotopic (exact) mass is 381 g/mol. The van der Waals surface area contributed by atoms with E-state index in [9.17, 15) is 13.2 Å². The van der Waals surface area contributed by atoms with Gasteiger partial charge in [-0.1, -0.05) is 11.6 Å². The average molecular weight is 382 g/mol. The summed E-state index contributed by atoms with van der Waals surface area (Å²) in [5.74, 6) is 0. The topological polar surface area (TPSA) is 78.5 Å². The van der Waals surface area contributed by atoms with Gasteiger partial charge in [0.15, 0.2) is 0 Å². The molecule has 0 saturated carbocycles. The highest BCUT2D eigenvalue weighted by Gasteiger charge is 2.18. The van der Waals surface area contributed by atoms with Gasteiger partial charge in [-0.15, -0.1) is 0 Å². The molecule has 0 aliphatic carbocycles. The van der Waals surface area contributed by atoms with Crippen molar-refractivity contribution in [3.8, 4) is 0 Å². The number of carbonyl (C=O) groups excluding carboxylic acids is 1. The number of hydrogen-bond acceptors (Lipinski definition) is 4. The quantitative estimate of drug-likeness (QED) is 0.799. The number of rotatable bonds is 6. The maximum atomic E-state index is 12.3. The summed E-state index contributed by atoms with van der Waals surface area (Å²) in [5, 5.41) is 2.97. The van der Waals surface area contributed by atoms with E-state index in [1.807, 2.05) is 18.6 Å². The Hall–Kier alpha value is -2.25. The van der Waals surface area contributed by atoms with Crippen LogP contribution < -0.4 is 14.9 Å². The summed E-state index contributed by atoms with van der Waals surface area (Å²) < 4.78 is 26.6. The minimum atomic E-state index is -3.95. The molecule has 2 aromatic carbocycles. The van der Waals surface area contributed by atoms with Crippen LogP contribution in [-0.2, 0) is 10.0 Å². The molecular weight excluding hydrogens is 362 g/mol. The number of halogens is 1. The number of carbonyl (C=O) groups is 1. The lowest BCUT2D eigenvalue weighted by Gasteiger charge is -2.21. The van der Waals surface area contributed by atoms with Crippen LogP contribution in [0.4, 0.5) is 16.2 Å². The SMILES string of the molecule is CCN(CC)c1ccc(S(=O)(=O)NC(=O)Nc2ccc(Cl)cc2)cc1. The van der Waals surface area contributed by atoms with Gasteiger partial charge >= 0.3 is 6.03 Å². The van der Waals surface area contributed by atoms with E-state index in [4.69, 9.17) is 11.6 Å². The first-order valence-corrected chi connectivity index (χ1v) is 9.66. The van der Waals surface area contributed by atoms with Gasteiger partial charge in [0.1, 0.15) is 0 Å². The maximum Gasteiger partial charge on any atom is 0.333 e. The molecule has 0 fully saturated rings. The van der Waals surface area contributed by atoms with Crippen molar-refractivity contribution < 1.29 is 13.2 Å². The minimum Gasteiger partial charge on any atom is -0.372 e. The summed E-state index contributed by atoms with van der Waals surface area (Å²) in [7, 11) is -3.95.